The zero-order chi connectivity index (χ0) is 28.8. The molecular formula is C27H34ClF3N4O4. The van der Waals surface area contributed by atoms with Crippen LogP contribution in [0.2, 0.25) is 5.15 Å². The molecule has 1 aliphatic heterocycles. The van der Waals surface area contributed by atoms with Crippen molar-refractivity contribution in [3.63, 3.8) is 0 Å². The number of piperidine rings is 1. The smallest absolute Gasteiger partial charge is 0.430 e. The van der Waals surface area contributed by atoms with Gasteiger partial charge in [-0.25, -0.2) is 4.98 Å². The van der Waals surface area contributed by atoms with Gasteiger partial charge in [0.15, 0.2) is 0 Å². The van der Waals surface area contributed by atoms with E-state index in [4.69, 9.17) is 16.3 Å². The van der Waals surface area contributed by atoms with E-state index in [-0.39, 0.29) is 30.0 Å². The second-order valence-corrected chi connectivity index (χ2v) is 10.1. The van der Waals surface area contributed by atoms with Crippen LogP contribution in [0.5, 0.6) is 5.75 Å². The van der Waals surface area contributed by atoms with Crippen LogP contribution in [0.25, 0.3) is 0 Å². The van der Waals surface area contributed by atoms with Crippen LogP contribution in [0.15, 0.2) is 36.4 Å². The monoisotopic (exact) mass is 570 g/mol. The van der Waals surface area contributed by atoms with E-state index in [1.165, 1.54) is 17.0 Å². The van der Waals surface area contributed by atoms with E-state index in [1.54, 1.807) is 33.2 Å². The van der Waals surface area contributed by atoms with Gasteiger partial charge in [-0.1, -0.05) is 23.7 Å². The number of anilines is 1. The van der Waals surface area contributed by atoms with Gasteiger partial charge in [-0.05, 0) is 62.8 Å². The molecule has 0 spiro atoms. The predicted molar refractivity (Wildman–Crippen MR) is 142 cm³/mol. The second kappa shape index (κ2) is 12.9. The van der Waals surface area contributed by atoms with Crippen molar-refractivity contribution >= 4 is 29.2 Å². The van der Waals surface area contributed by atoms with Gasteiger partial charge in [0.05, 0.1) is 12.2 Å². The largest absolute Gasteiger partial charge is 0.494 e. The number of pyridine rings is 1. The zero-order valence-corrected chi connectivity index (χ0v) is 23.0. The molecule has 0 unspecified atom stereocenters. The molecule has 0 aliphatic carbocycles. The minimum atomic E-state index is -5.22. The Balaban J connectivity index is 1.51. The minimum absolute atomic E-state index is 0.00111. The Labute approximate surface area is 231 Å². The van der Waals surface area contributed by atoms with Crippen molar-refractivity contribution in [3.05, 3.63) is 52.7 Å². The zero-order valence-electron chi connectivity index (χ0n) is 22.2. The maximum absolute atomic E-state index is 13.9. The number of rotatable bonds is 10. The van der Waals surface area contributed by atoms with Gasteiger partial charge in [0.1, 0.15) is 16.7 Å². The van der Waals surface area contributed by atoms with Crippen molar-refractivity contribution in [1.82, 2.24) is 15.2 Å². The van der Waals surface area contributed by atoms with Crippen molar-refractivity contribution in [2.24, 2.45) is 5.92 Å². The summed E-state index contributed by atoms with van der Waals surface area (Å²) in [5.74, 6) is -0.601. The Bertz CT molecular complexity index is 1160. The molecule has 8 nitrogen and oxygen atoms in total. The first kappa shape index (κ1) is 30.5. The predicted octanol–water partition coefficient (Wildman–Crippen LogP) is 4.40. The lowest BCUT2D eigenvalue weighted by atomic mass is 9.91. The number of nitrogens with zero attached hydrogens (tertiary/aromatic N) is 3. The van der Waals surface area contributed by atoms with E-state index < -0.39 is 23.2 Å². The normalized spacial score (nSPS) is 15.9. The highest BCUT2D eigenvalue weighted by Gasteiger charge is 2.60. The number of carbonyl (C=O) groups is 2. The number of aromatic nitrogens is 1. The third kappa shape index (κ3) is 7.13. The Morgan fingerprint density at radius 1 is 1.21 bits per heavy atom. The number of ether oxygens (including phenoxy) is 1. The SMILES string of the molecule is CCOc1cccc([C@@](O)(C(=O)NCCCC2CCN(c3ccc(C(=O)N(C)C)c(Cl)n3)CC2)C(F)(F)F)c1. The van der Waals surface area contributed by atoms with Gasteiger partial charge in [0, 0.05) is 39.3 Å². The molecule has 214 valence electrons. The number of hydrogen-bond acceptors (Lipinski definition) is 6. The van der Waals surface area contributed by atoms with Gasteiger partial charge in [-0.15, -0.1) is 0 Å². The Morgan fingerprint density at radius 3 is 2.49 bits per heavy atom. The number of alkyl halides is 3. The van der Waals surface area contributed by atoms with Crippen LogP contribution >= 0.6 is 11.6 Å². The second-order valence-electron chi connectivity index (χ2n) is 9.70. The average Bonchev–Trinajstić information content (AvgIpc) is 2.90. The quantitative estimate of drug-likeness (QED) is 0.325. The molecule has 2 aromatic rings. The maximum Gasteiger partial charge on any atom is 0.430 e. The summed E-state index contributed by atoms with van der Waals surface area (Å²) in [6.07, 6.45) is -2.37. The Kier molecular flexibility index (Phi) is 10.1. The third-order valence-electron chi connectivity index (χ3n) is 6.79. The lowest BCUT2D eigenvalue weighted by Crippen LogP contribution is -2.54. The number of benzene rings is 1. The average molecular weight is 571 g/mol. The Hall–Kier alpha value is -3.05. The van der Waals surface area contributed by atoms with Gasteiger partial charge in [0.25, 0.3) is 17.4 Å². The van der Waals surface area contributed by atoms with Crippen molar-refractivity contribution in [1.29, 1.82) is 0 Å². The van der Waals surface area contributed by atoms with Crippen LogP contribution in [-0.4, -0.2) is 73.3 Å². The highest BCUT2D eigenvalue weighted by Crippen LogP contribution is 2.40. The number of aliphatic hydroxyl groups is 1. The molecule has 3 rings (SSSR count). The van der Waals surface area contributed by atoms with Crippen molar-refractivity contribution < 1.29 is 32.6 Å². The minimum Gasteiger partial charge on any atom is -0.494 e. The van der Waals surface area contributed by atoms with E-state index in [0.29, 0.717) is 43.2 Å². The highest BCUT2D eigenvalue weighted by molar-refractivity contribution is 6.32. The molecule has 1 aromatic heterocycles. The molecule has 1 atom stereocenters. The molecule has 1 aliphatic rings. The van der Waals surface area contributed by atoms with Gasteiger partial charge in [-0.3, -0.25) is 9.59 Å². The van der Waals surface area contributed by atoms with Crippen molar-refractivity contribution in [2.75, 3.05) is 45.2 Å². The molecule has 39 heavy (non-hydrogen) atoms. The number of carbonyl (C=O) groups excluding carboxylic acids is 2. The molecule has 2 N–H and O–H groups in total. The summed E-state index contributed by atoms with van der Waals surface area (Å²) < 4.78 is 46.8. The molecule has 1 aromatic carbocycles. The van der Waals surface area contributed by atoms with Crippen molar-refractivity contribution in [3.8, 4) is 5.75 Å². The summed E-state index contributed by atoms with van der Waals surface area (Å²) in [7, 11) is 3.28. The Morgan fingerprint density at radius 2 is 1.90 bits per heavy atom. The first-order valence-electron chi connectivity index (χ1n) is 12.8. The summed E-state index contributed by atoms with van der Waals surface area (Å²) in [5, 5.41) is 12.9. The molecule has 0 saturated carbocycles. The third-order valence-corrected chi connectivity index (χ3v) is 7.07. The van der Waals surface area contributed by atoms with E-state index in [2.05, 4.69) is 15.2 Å². The van der Waals surface area contributed by atoms with Gasteiger partial charge >= 0.3 is 6.18 Å². The van der Waals surface area contributed by atoms with E-state index in [1.807, 2.05) is 0 Å². The fourth-order valence-corrected chi connectivity index (χ4v) is 4.80. The van der Waals surface area contributed by atoms with Crippen LogP contribution in [0.3, 0.4) is 0 Å². The fraction of sp³-hybridized carbons (Fsp3) is 0.519. The molecule has 2 heterocycles. The summed E-state index contributed by atoms with van der Waals surface area (Å²) in [4.78, 5) is 32.6. The number of amides is 2. The fourth-order valence-electron chi connectivity index (χ4n) is 4.57. The van der Waals surface area contributed by atoms with Gasteiger partial charge in [0.2, 0.25) is 0 Å². The first-order valence-corrected chi connectivity index (χ1v) is 13.2. The summed E-state index contributed by atoms with van der Waals surface area (Å²) in [6.45, 7) is 3.34. The van der Waals surface area contributed by atoms with E-state index in [9.17, 15) is 27.9 Å². The number of nitrogens with one attached hydrogen (secondary N) is 1. The standard InChI is InChI=1S/C27H34ClF3N4O4/c1-4-39-20-9-5-8-19(17-20)26(38,27(29,30)31)25(37)32-14-6-7-18-12-15-35(16-13-18)22-11-10-21(23(28)33-22)24(36)34(2)3/h5,8-11,17-18,38H,4,6-7,12-16H2,1-3H3,(H,32,37)/t26-/m1/s1. The molecule has 0 bridgehead atoms. The van der Waals surface area contributed by atoms with Crippen molar-refractivity contribution in [2.45, 2.75) is 44.4 Å². The maximum atomic E-state index is 13.9. The topological polar surface area (TPSA) is 95.0 Å². The van der Waals surface area contributed by atoms with E-state index in [0.717, 1.165) is 25.0 Å². The molecule has 1 fully saturated rings. The van der Waals surface area contributed by atoms with Crippen LogP contribution < -0.4 is 15.0 Å². The van der Waals surface area contributed by atoms with Crippen LogP contribution in [0.4, 0.5) is 19.0 Å². The molecule has 0 radical (unpaired) electrons. The van der Waals surface area contributed by atoms with Gasteiger partial charge in [-0.2, -0.15) is 13.2 Å². The van der Waals surface area contributed by atoms with Crippen LogP contribution in [0, 0.1) is 5.92 Å². The summed E-state index contributed by atoms with van der Waals surface area (Å²) >= 11 is 6.23. The molecule has 12 heteroatoms. The molecular weight excluding hydrogens is 537 g/mol. The summed E-state index contributed by atoms with van der Waals surface area (Å²) in [6, 6.07) is 8.27. The first-order chi connectivity index (χ1) is 18.4. The van der Waals surface area contributed by atoms with Crippen LogP contribution in [0.1, 0.15) is 48.5 Å². The lowest BCUT2D eigenvalue weighted by Gasteiger charge is -2.33. The van der Waals surface area contributed by atoms with Crippen LogP contribution in [-0.2, 0) is 10.4 Å². The highest BCUT2D eigenvalue weighted by atomic mass is 35.5. The summed E-state index contributed by atoms with van der Waals surface area (Å²) in [5.41, 5.74) is -3.95. The molecule has 2 amide bonds. The van der Waals surface area contributed by atoms with Gasteiger partial charge < -0.3 is 25.0 Å². The number of halogens is 4. The van der Waals surface area contributed by atoms with E-state index >= 15 is 0 Å². The lowest BCUT2D eigenvalue weighted by molar-refractivity contribution is -0.257. The molecule has 1 saturated heterocycles. The number of hydrogen-bond donors (Lipinski definition) is 2.